The third-order valence-corrected chi connectivity index (χ3v) is 4.57. The molecular weight excluding hydrogens is 370 g/mol. The van der Waals surface area contributed by atoms with E-state index in [1.165, 1.54) is 0 Å². The van der Waals surface area contributed by atoms with Gasteiger partial charge in [-0.15, -0.1) is 0 Å². The third-order valence-electron chi connectivity index (χ3n) is 4.57. The number of ether oxygens (including phenoxy) is 1. The maximum Gasteiger partial charge on any atom is 0.414 e. The summed E-state index contributed by atoms with van der Waals surface area (Å²) in [5, 5.41) is 0. The summed E-state index contributed by atoms with van der Waals surface area (Å²) in [5.41, 5.74) is 5.18. The lowest BCUT2D eigenvalue weighted by Crippen LogP contribution is -2.34. The Hall–Kier alpha value is -3.51. The minimum atomic E-state index is -0.552. The molecule has 0 heterocycles. The Balaban J connectivity index is 2.08. The average Bonchev–Trinajstić information content (AvgIpc) is 2.72. The van der Waals surface area contributed by atoms with Crippen molar-refractivity contribution < 1.29 is 9.53 Å². The SMILES string of the molecule is Cc1cc(N(C)C(=O)OC(C)(C)C)cc(-c2ccccc2)c1C#Cc1ccccc1. The number of aryl methyl sites for hydroxylation is 1. The van der Waals surface area contributed by atoms with E-state index in [9.17, 15) is 4.79 Å². The molecule has 0 aromatic heterocycles. The maximum atomic E-state index is 12.6. The first-order valence-corrected chi connectivity index (χ1v) is 9.98. The van der Waals surface area contributed by atoms with E-state index in [-0.39, 0.29) is 6.09 Å². The highest BCUT2D eigenvalue weighted by Gasteiger charge is 2.22. The Morgan fingerprint density at radius 2 is 1.50 bits per heavy atom. The van der Waals surface area contributed by atoms with E-state index in [0.717, 1.165) is 33.5 Å². The summed E-state index contributed by atoms with van der Waals surface area (Å²) in [7, 11) is 1.73. The Morgan fingerprint density at radius 3 is 2.10 bits per heavy atom. The summed E-state index contributed by atoms with van der Waals surface area (Å²) in [6.45, 7) is 7.61. The second kappa shape index (κ2) is 8.88. The normalized spacial score (nSPS) is 10.7. The van der Waals surface area contributed by atoms with E-state index in [1.54, 1.807) is 11.9 Å². The molecule has 3 rings (SSSR count). The fourth-order valence-corrected chi connectivity index (χ4v) is 3.07. The fraction of sp³-hybridized carbons (Fsp3) is 0.222. The molecule has 1 amide bonds. The van der Waals surface area contributed by atoms with E-state index in [0.29, 0.717) is 0 Å². The first kappa shape index (κ1) is 21.2. The van der Waals surface area contributed by atoms with Gasteiger partial charge in [-0.2, -0.15) is 0 Å². The summed E-state index contributed by atoms with van der Waals surface area (Å²) in [6, 6.07) is 24.0. The highest BCUT2D eigenvalue weighted by Crippen LogP contribution is 2.31. The Kier molecular flexibility index (Phi) is 6.28. The maximum absolute atomic E-state index is 12.6. The molecule has 0 saturated carbocycles. The van der Waals surface area contributed by atoms with E-state index < -0.39 is 5.60 Å². The number of rotatable bonds is 2. The van der Waals surface area contributed by atoms with E-state index in [4.69, 9.17) is 4.74 Å². The molecule has 0 bridgehead atoms. The molecule has 3 heteroatoms. The van der Waals surface area contributed by atoms with Crippen molar-refractivity contribution in [3.63, 3.8) is 0 Å². The van der Waals surface area contributed by atoms with Crippen molar-refractivity contribution in [2.45, 2.75) is 33.3 Å². The van der Waals surface area contributed by atoms with E-state index in [2.05, 4.69) is 24.0 Å². The Morgan fingerprint density at radius 1 is 0.900 bits per heavy atom. The Bertz CT molecular complexity index is 1080. The molecular formula is C27H27NO2. The quantitative estimate of drug-likeness (QED) is 0.466. The van der Waals surface area contributed by atoms with Crippen LogP contribution < -0.4 is 4.90 Å². The van der Waals surface area contributed by atoms with Crippen LogP contribution >= 0.6 is 0 Å². The zero-order valence-electron chi connectivity index (χ0n) is 18.2. The van der Waals surface area contributed by atoms with Crippen LogP contribution in [0.3, 0.4) is 0 Å². The minimum absolute atomic E-state index is 0.385. The molecule has 3 nitrogen and oxygen atoms in total. The first-order chi connectivity index (χ1) is 14.2. The van der Waals surface area contributed by atoms with E-state index >= 15 is 0 Å². The standard InChI is InChI=1S/C27H27NO2/c1-20-18-23(28(5)26(29)30-27(2,3)4)19-25(22-14-10-7-11-15-22)24(20)17-16-21-12-8-6-9-13-21/h6-15,18-19H,1-5H3. The highest BCUT2D eigenvalue weighted by molar-refractivity contribution is 5.89. The number of hydrogen-bond donors (Lipinski definition) is 0. The van der Waals surface area contributed by atoms with Crippen molar-refractivity contribution in [1.82, 2.24) is 0 Å². The Labute approximate surface area is 179 Å². The summed E-state index contributed by atoms with van der Waals surface area (Å²) in [5.74, 6) is 6.60. The van der Waals surface area contributed by atoms with Gasteiger partial charge in [0.1, 0.15) is 5.60 Å². The molecule has 0 aliphatic carbocycles. The number of carbonyl (C=O) groups is 1. The molecule has 0 saturated heterocycles. The van der Waals surface area contributed by atoms with Crippen molar-refractivity contribution in [3.05, 3.63) is 89.5 Å². The van der Waals surface area contributed by atoms with Crippen LogP contribution in [0.25, 0.3) is 11.1 Å². The van der Waals surface area contributed by atoms with Crippen LogP contribution in [0.4, 0.5) is 10.5 Å². The van der Waals surface area contributed by atoms with E-state index in [1.807, 2.05) is 88.4 Å². The smallest absolute Gasteiger partial charge is 0.414 e. The minimum Gasteiger partial charge on any atom is -0.443 e. The first-order valence-electron chi connectivity index (χ1n) is 9.98. The van der Waals surface area contributed by atoms with Crippen LogP contribution in [0, 0.1) is 18.8 Å². The van der Waals surface area contributed by atoms with Crippen LogP contribution in [0.2, 0.25) is 0 Å². The van der Waals surface area contributed by atoms with Gasteiger partial charge in [-0.1, -0.05) is 60.4 Å². The highest BCUT2D eigenvalue weighted by atomic mass is 16.6. The van der Waals surface area contributed by atoms with Gasteiger partial charge in [0.2, 0.25) is 0 Å². The third kappa shape index (κ3) is 5.30. The van der Waals surface area contributed by atoms with Crippen LogP contribution in [0.15, 0.2) is 72.8 Å². The average molecular weight is 398 g/mol. The molecule has 30 heavy (non-hydrogen) atoms. The number of carbonyl (C=O) groups excluding carboxylic acids is 1. The molecule has 0 N–H and O–H groups in total. The lowest BCUT2D eigenvalue weighted by atomic mass is 9.95. The predicted octanol–water partition coefficient (Wildman–Crippen LogP) is 6.43. The molecule has 0 atom stereocenters. The molecule has 3 aromatic carbocycles. The number of anilines is 1. The van der Waals surface area contributed by atoms with Gasteiger partial charge >= 0.3 is 6.09 Å². The summed E-state index contributed by atoms with van der Waals surface area (Å²) < 4.78 is 5.53. The van der Waals surface area contributed by atoms with Crippen molar-refractivity contribution in [2.24, 2.45) is 0 Å². The molecule has 3 aromatic rings. The van der Waals surface area contributed by atoms with Gasteiger partial charge in [0.15, 0.2) is 0 Å². The second-order valence-corrected chi connectivity index (χ2v) is 8.21. The van der Waals surface area contributed by atoms with Gasteiger partial charge in [-0.3, -0.25) is 4.90 Å². The van der Waals surface area contributed by atoms with Crippen molar-refractivity contribution in [3.8, 4) is 23.0 Å². The molecule has 0 radical (unpaired) electrons. The summed E-state index contributed by atoms with van der Waals surface area (Å²) >= 11 is 0. The zero-order valence-corrected chi connectivity index (χ0v) is 18.2. The van der Waals surface area contributed by atoms with Crippen molar-refractivity contribution in [1.29, 1.82) is 0 Å². The lowest BCUT2D eigenvalue weighted by molar-refractivity contribution is 0.0589. The topological polar surface area (TPSA) is 29.5 Å². The number of benzene rings is 3. The van der Waals surface area contributed by atoms with Crippen molar-refractivity contribution >= 4 is 11.8 Å². The summed E-state index contributed by atoms with van der Waals surface area (Å²) in [6.07, 6.45) is -0.385. The molecule has 0 spiro atoms. The van der Waals surface area contributed by atoms with Gasteiger partial charge in [0.05, 0.1) is 0 Å². The van der Waals surface area contributed by atoms with Gasteiger partial charge in [-0.05, 0) is 68.7 Å². The van der Waals surface area contributed by atoms with Gasteiger partial charge in [0, 0.05) is 23.9 Å². The predicted molar refractivity (Wildman–Crippen MR) is 124 cm³/mol. The lowest BCUT2D eigenvalue weighted by Gasteiger charge is -2.25. The molecule has 0 aliphatic rings. The number of hydrogen-bond acceptors (Lipinski definition) is 2. The van der Waals surface area contributed by atoms with Crippen LogP contribution in [0.5, 0.6) is 0 Å². The number of nitrogens with zero attached hydrogens (tertiary/aromatic N) is 1. The van der Waals surface area contributed by atoms with Gasteiger partial charge in [-0.25, -0.2) is 4.79 Å². The van der Waals surface area contributed by atoms with Gasteiger partial charge < -0.3 is 4.74 Å². The zero-order chi connectivity index (χ0) is 21.7. The molecule has 152 valence electrons. The number of amides is 1. The van der Waals surface area contributed by atoms with Gasteiger partial charge in [0.25, 0.3) is 0 Å². The second-order valence-electron chi connectivity index (χ2n) is 8.21. The molecule has 0 unspecified atom stereocenters. The molecule has 0 aliphatic heterocycles. The van der Waals surface area contributed by atoms with Crippen molar-refractivity contribution in [2.75, 3.05) is 11.9 Å². The largest absolute Gasteiger partial charge is 0.443 e. The van der Waals surface area contributed by atoms with Crippen LogP contribution in [0.1, 0.15) is 37.5 Å². The van der Waals surface area contributed by atoms with Crippen LogP contribution in [-0.2, 0) is 4.74 Å². The summed E-state index contributed by atoms with van der Waals surface area (Å²) in [4.78, 5) is 14.1. The van der Waals surface area contributed by atoms with Crippen LogP contribution in [-0.4, -0.2) is 18.7 Å². The molecule has 0 fully saturated rings. The monoisotopic (exact) mass is 397 g/mol. The fourth-order valence-electron chi connectivity index (χ4n) is 3.07.